The normalized spacial score (nSPS) is 14.6. The highest BCUT2D eigenvalue weighted by atomic mass is 79.9. The van der Waals surface area contributed by atoms with Gasteiger partial charge in [0.15, 0.2) is 11.7 Å². The van der Waals surface area contributed by atoms with Gasteiger partial charge in [-0.2, -0.15) is 5.10 Å². The molecule has 43 heavy (non-hydrogen) atoms. The van der Waals surface area contributed by atoms with Crippen molar-refractivity contribution in [3.05, 3.63) is 102 Å². The minimum atomic E-state index is -0.621. The number of para-hydroxylation sites is 1. The third-order valence-electron chi connectivity index (χ3n) is 6.07. The summed E-state index contributed by atoms with van der Waals surface area (Å²) in [6.07, 6.45) is 1.51. The molecule has 3 aromatic carbocycles. The minimum absolute atomic E-state index is 0.226. The van der Waals surface area contributed by atoms with Gasteiger partial charge in [-0.3, -0.25) is 4.79 Å². The molecule has 0 spiro atoms. The van der Waals surface area contributed by atoms with Crippen molar-refractivity contribution in [3.63, 3.8) is 0 Å². The standard InChI is InChI=1S/C30H27Br3N4O5S/c1-3-40-29(39)26-17(2)35-30(43)36-27(26)21-6-4-5-7-24(21)41-16-25(38)37-34-14-19-12-22(32)28(23(33)13-19)42-15-18-8-10-20(31)11-9-18/h4-14,27H,3,15-16H2,1-2H3,(H,37,38)(H2,35,36,43)/t27-/m0/s1. The van der Waals surface area contributed by atoms with Gasteiger partial charge in [0.2, 0.25) is 0 Å². The fraction of sp³-hybridized carbons (Fsp3) is 0.200. The number of nitrogens with one attached hydrogen (secondary N) is 3. The van der Waals surface area contributed by atoms with E-state index in [0.717, 1.165) is 24.5 Å². The summed E-state index contributed by atoms with van der Waals surface area (Å²) in [5.74, 6) is 0.114. The highest BCUT2D eigenvalue weighted by Gasteiger charge is 2.32. The fourth-order valence-electron chi connectivity index (χ4n) is 4.14. The summed E-state index contributed by atoms with van der Waals surface area (Å²) in [4.78, 5) is 25.3. The summed E-state index contributed by atoms with van der Waals surface area (Å²) in [5, 5.41) is 10.5. The van der Waals surface area contributed by atoms with E-state index in [4.69, 9.17) is 26.4 Å². The molecule has 1 aliphatic rings. The van der Waals surface area contributed by atoms with Crippen molar-refractivity contribution in [1.29, 1.82) is 0 Å². The van der Waals surface area contributed by atoms with Crippen LogP contribution in [0.1, 0.15) is 36.6 Å². The predicted molar refractivity (Wildman–Crippen MR) is 179 cm³/mol. The van der Waals surface area contributed by atoms with Gasteiger partial charge in [0, 0.05) is 15.7 Å². The Morgan fingerprint density at radius 1 is 1.05 bits per heavy atom. The van der Waals surface area contributed by atoms with Gasteiger partial charge in [0.25, 0.3) is 5.91 Å². The lowest BCUT2D eigenvalue weighted by Gasteiger charge is -2.30. The molecule has 1 aliphatic heterocycles. The Morgan fingerprint density at radius 3 is 2.44 bits per heavy atom. The molecule has 224 valence electrons. The van der Waals surface area contributed by atoms with Gasteiger partial charge in [0.1, 0.15) is 18.1 Å². The van der Waals surface area contributed by atoms with E-state index in [1.54, 1.807) is 32.0 Å². The number of ether oxygens (including phenoxy) is 3. The molecule has 0 fully saturated rings. The molecule has 0 aliphatic carbocycles. The second-order valence-corrected chi connectivity index (χ2v) is 12.2. The van der Waals surface area contributed by atoms with Gasteiger partial charge < -0.3 is 24.8 Å². The number of allylic oxidation sites excluding steroid dienone is 1. The SMILES string of the molecule is CCOC(=O)C1=C(C)NC(=S)N[C@H]1c1ccccc1OCC(=O)NN=Cc1cc(Br)c(OCc2ccc(Br)cc2)c(Br)c1. The van der Waals surface area contributed by atoms with Gasteiger partial charge in [0.05, 0.1) is 33.4 Å². The smallest absolute Gasteiger partial charge is 0.338 e. The van der Waals surface area contributed by atoms with E-state index in [0.29, 0.717) is 40.1 Å². The molecule has 1 amide bonds. The van der Waals surface area contributed by atoms with Crippen LogP contribution in [0.25, 0.3) is 0 Å². The van der Waals surface area contributed by atoms with Gasteiger partial charge in [-0.25, -0.2) is 10.2 Å². The Hall–Kier alpha value is -3.26. The molecule has 9 nitrogen and oxygen atoms in total. The zero-order valence-corrected chi connectivity index (χ0v) is 28.7. The van der Waals surface area contributed by atoms with Crippen LogP contribution in [-0.2, 0) is 20.9 Å². The van der Waals surface area contributed by atoms with E-state index in [1.165, 1.54) is 6.21 Å². The summed E-state index contributed by atoms with van der Waals surface area (Å²) in [6, 6.07) is 18.0. The quantitative estimate of drug-likeness (QED) is 0.0882. The molecule has 3 N–H and O–H groups in total. The zero-order chi connectivity index (χ0) is 30.9. The number of nitrogens with zero attached hydrogens (tertiary/aromatic N) is 1. The first-order valence-electron chi connectivity index (χ1n) is 13.0. The lowest BCUT2D eigenvalue weighted by atomic mass is 9.95. The lowest BCUT2D eigenvalue weighted by Crippen LogP contribution is -2.45. The van der Waals surface area contributed by atoms with Gasteiger partial charge in [-0.1, -0.05) is 46.3 Å². The van der Waals surface area contributed by atoms with Crippen LogP contribution in [-0.4, -0.2) is 36.4 Å². The summed E-state index contributed by atoms with van der Waals surface area (Å²) in [7, 11) is 0. The van der Waals surface area contributed by atoms with Gasteiger partial charge >= 0.3 is 5.97 Å². The number of carbonyl (C=O) groups is 2. The molecule has 3 aromatic rings. The Bertz CT molecular complexity index is 1560. The van der Waals surface area contributed by atoms with E-state index in [9.17, 15) is 9.59 Å². The van der Waals surface area contributed by atoms with Crippen LogP contribution in [0.2, 0.25) is 0 Å². The Labute approximate surface area is 279 Å². The second-order valence-electron chi connectivity index (χ2n) is 9.14. The van der Waals surface area contributed by atoms with Crippen LogP contribution in [0.15, 0.2) is 90.5 Å². The number of hydrogen-bond donors (Lipinski definition) is 3. The maximum absolute atomic E-state index is 12.7. The van der Waals surface area contributed by atoms with E-state index < -0.39 is 17.9 Å². The van der Waals surface area contributed by atoms with Crippen molar-refractivity contribution in [2.24, 2.45) is 5.10 Å². The summed E-state index contributed by atoms with van der Waals surface area (Å²) < 4.78 is 19.5. The Kier molecular flexibility index (Phi) is 11.7. The van der Waals surface area contributed by atoms with Crippen LogP contribution in [0.4, 0.5) is 0 Å². The van der Waals surface area contributed by atoms with Crippen LogP contribution in [0.3, 0.4) is 0 Å². The number of halogens is 3. The van der Waals surface area contributed by atoms with Gasteiger partial charge in [-0.05, 0) is 99.4 Å². The van der Waals surface area contributed by atoms with Crippen LogP contribution in [0, 0.1) is 0 Å². The molecule has 4 rings (SSSR count). The molecule has 1 heterocycles. The van der Waals surface area contributed by atoms with Crippen molar-refractivity contribution < 1.29 is 23.8 Å². The van der Waals surface area contributed by atoms with Crippen molar-refractivity contribution >= 4 is 83.2 Å². The topological polar surface area (TPSA) is 110 Å². The number of benzene rings is 3. The molecule has 13 heteroatoms. The maximum atomic E-state index is 12.7. The molecule has 0 saturated carbocycles. The molecule has 0 aromatic heterocycles. The molecule has 0 saturated heterocycles. The molecule has 0 bridgehead atoms. The zero-order valence-electron chi connectivity index (χ0n) is 23.1. The van der Waals surface area contributed by atoms with E-state index >= 15 is 0 Å². The number of carbonyl (C=O) groups excluding carboxylic acids is 2. The number of amides is 1. The predicted octanol–water partition coefficient (Wildman–Crippen LogP) is 6.44. The number of thiocarbonyl (C=S) groups is 1. The van der Waals surface area contributed by atoms with Crippen molar-refractivity contribution in [2.45, 2.75) is 26.5 Å². The average molecular weight is 795 g/mol. The van der Waals surface area contributed by atoms with E-state index in [-0.39, 0.29) is 13.2 Å². The average Bonchev–Trinajstić information content (AvgIpc) is 2.96. The Morgan fingerprint density at radius 2 is 1.74 bits per heavy atom. The maximum Gasteiger partial charge on any atom is 0.338 e. The largest absolute Gasteiger partial charge is 0.487 e. The minimum Gasteiger partial charge on any atom is -0.487 e. The van der Waals surface area contributed by atoms with E-state index in [2.05, 4.69) is 69.0 Å². The molecule has 0 unspecified atom stereocenters. The molecular formula is C30H27Br3N4O5S. The third-order valence-corrected chi connectivity index (χ3v) is 8.00. The number of hydrogen-bond acceptors (Lipinski definition) is 7. The first kappa shape index (κ1) is 32.6. The highest BCUT2D eigenvalue weighted by Crippen LogP contribution is 2.35. The van der Waals surface area contributed by atoms with Crippen molar-refractivity contribution in [2.75, 3.05) is 13.2 Å². The summed E-state index contributed by atoms with van der Waals surface area (Å²) in [6.45, 7) is 3.81. The number of esters is 1. The monoisotopic (exact) mass is 792 g/mol. The van der Waals surface area contributed by atoms with Crippen LogP contribution < -0.4 is 25.5 Å². The van der Waals surface area contributed by atoms with E-state index in [1.807, 2.05) is 42.5 Å². The van der Waals surface area contributed by atoms with Crippen molar-refractivity contribution in [3.8, 4) is 11.5 Å². The summed E-state index contributed by atoms with van der Waals surface area (Å²) >= 11 is 15.8. The summed E-state index contributed by atoms with van der Waals surface area (Å²) in [5.41, 5.74) is 5.81. The molecular weight excluding hydrogens is 768 g/mol. The number of hydrazone groups is 1. The molecule has 0 radical (unpaired) electrons. The first-order valence-corrected chi connectivity index (χ1v) is 15.8. The molecule has 1 atom stereocenters. The second kappa shape index (κ2) is 15.5. The number of rotatable bonds is 11. The fourth-order valence-corrected chi connectivity index (χ4v) is 6.13. The van der Waals surface area contributed by atoms with Crippen LogP contribution in [0.5, 0.6) is 11.5 Å². The Balaban J connectivity index is 1.37. The first-order chi connectivity index (χ1) is 20.7. The lowest BCUT2D eigenvalue weighted by molar-refractivity contribution is -0.139. The highest BCUT2D eigenvalue weighted by molar-refractivity contribution is 9.11. The van der Waals surface area contributed by atoms with Crippen LogP contribution >= 0.6 is 60.0 Å². The third kappa shape index (κ3) is 8.88. The van der Waals surface area contributed by atoms with Crippen molar-refractivity contribution in [1.82, 2.24) is 16.1 Å². The van der Waals surface area contributed by atoms with Gasteiger partial charge in [-0.15, -0.1) is 0 Å².